The summed E-state index contributed by atoms with van der Waals surface area (Å²) in [5, 5.41) is 48.9. The lowest BCUT2D eigenvalue weighted by atomic mass is 9.76. The summed E-state index contributed by atoms with van der Waals surface area (Å²) in [5.74, 6) is -3.39. The lowest BCUT2D eigenvalue weighted by molar-refractivity contribution is 0.0877. The molecule has 0 aliphatic carbocycles. The van der Waals surface area contributed by atoms with E-state index in [4.69, 9.17) is 0 Å². The molecule has 0 saturated heterocycles. The summed E-state index contributed by atoms with van der Waals surface area (Å²) in [4.78, 5) is 58.6. The number of phenolic OH excluding ortho intramolecular Hbond substituents is 4. The predicted molar refractivity (Wildman–Crippen MR) is 229 cm³/mol. The molecule has 0 radical (unpaired) electrons. The fourth-order valence-electron chi connectivity index (χ4n) is 9.53. The number of carbonyl (C=O) groups excluding carboxylic acids is 4. The number of aromatic hydroxyl groups is 4. The van der Waals surface area contributed by atoms with Crippen molar-refractivity contribution in [2.24, 2.45) is 0 Å². The Morgan fingerprint density at radius 3 is 1.27 bits per heavy atom. The van der Waals surface area contributed by atoms with Gasteiger partial charge in [0.25, 0.3) is 23.6 Å². The molecule has 2 aliphatic heterocycles. The third-order valence-electron chi connectivity index (χ3n) is 11.9. The zero-order valence-electron chi connectivity index (χ0n) is 31.4. The molecule has 10 nitrogen and oxygen atoms in total. The first-order valence-electron chi connectivity index (χ1n) is 19.0. The van der Waals surface area contributed by atoms with Crippen LogP contribution in [-0.2, 0) is 0 Å². The van der Waals surface area contributed by atoms with E-state index in [9.17, 15) is 39.6 Å². The fourth-order valence-corrected chi connectivity index (χ4v) is 9.53. The number of amides is 4. The van der Waals surface area contributed by atoms with E-state index in [0.717, 1.165) is 81.7 Å². The van der Waals surface area contributed by atoms with Crippen molar-refractivity contribution in [3.8, 4) is 34.1 Å². The van der Waals surface area contributed by atoms with E-state index in [1.54, 1.807) is 24.3 Å². The number of hydrogen-bond donors (Lipinski definition) is 4. The van der Waals surface area contributed by atoms with Crippen LogP contribution in [-0.4, -0.2) is 51.9 Å². The highest BCUT2D eigenvalue weighted by molar-refractivity contribution is 6.43. The molecular formula is C48H29BN2O8. The summed E-state index contributed by atoms with van der Waals surface area (Å²) in [6.45, 7) is 2.07. The highest BCUT2D eigenvalue weighted by Gasteiger charge is 2.38. The van der Waals surface area contributed by atoms with E-state index in [0.29, 0.717) is 33.0 Å². The maximum Gasteiger partial charge on any atom is 0.265 e. The van der Waals surface area contributed by atoms with Gasteiger partial charge in [-0.2, -0.15) is 0 Å². The zero-order valence-corrected chi connectivity index (χ0v) is 31.4. The predicted octanol–water partition coefficient (Wildman–Crippen LogP) is 8.68. The minimum absolute atomic E-state index is 0.0235. The van der Waals surface area contributed by atoms with Crippen molar-refractivity contribution >= 4 is 96.7 Å². The van der Waals surface area contributed by atoms with Crippen molar-refractivity contribution in [1.82, 2.24) is 0 Å². The third-order valence-corrected chi connectivity index (χ3v) is 11.9. The van der Waals surface area contributed by atoms with Gasteiger partial charge in [-0.1, -0.05) is 61.5 Å². The Morgan fingerprint density at radius 1 is 0.407 bits per heavy atom. The Hall–Kier alpha value is -7.92. The maximum atomic E-state index is 14.2. The normalized spacial score (nSPS) is 14.5. The van der Waals surface area contributed by atoms with Crippen LogP contribution >= 0.6 is 0 Å². The average Bonchev–Trinajstić information content (AvgIpc) is 3.20. The molecule has 9 aromatic carbocycles. The molecule has 11 rings (SSSR count). The second-order valence-corrected chi connectivity index (χ2v) is 15.5. The molecule has 282 valence electrons. The minimum atomic E-state index is -0.571. The molecule has 0 aromatic heterocycles. The molecule has 4 N–H and O–H groups in total. The monoisotopic (exact) mass is 772 g/mol. The number of nitrogens with zero attached hydrogens (tertiary/aromatic N) is 2. The van der Waals surface area contributed by atoms with Gasteiger partial charge in [-0.25, -0.2) is 9.80 Å². The van der Waals surface area contributed by atoms with E-state index in [2.05, 4.69) is 20.8 Å². The topological polar surface area (TPSA) is 156 Å². The molecule has 0 bridgehead atoms. The van der Waals surface area contributed by atoms with Gasteiger partial charge in [0.1, 0.15) is 30.8 Å². The van der Waals surface area contributed by atoms with Gasteiger partial charge >= 0.3 is 0 Å². The van der Waals surface area contributed by atoms with E-state index < -0.39 is 23.6 Å². The number of fused-ring (bicyclic) bond motifs is 2. The maximum absolute atomic E-state index is 14.2. The summed E-state index contributed by atoms with van der Waals surface area (Å²) >= 11 is 0. The van der Waals surface area contributed by atoms with Gasteiger partial charge in [0.2, 0.25) is 0 Å². The first-order chi connectivity index (χ1) is 28.4. The standard InChI is InChI=1S/C48H29BN2O8/c1-21(49)28-5-11-36-43-37(46(57)50(45(36)56)22-15-24(52)19-25(53)16-22)12-8-32(41(28)43)29-6-7-33-35-10-14-39-44-38(13-9-34(42(35)44)31-4-2-3-30(29)40(31)33)47(58)51(48(39)59)23-17-26(54)20-27(55)18-23/h2-21,52-55H,49H2,1H3. The van der Waals surface area contributed by atoms with Gasteiger partial charge in [0.05, 0.1) is 11.4 Å². The van der Waals surface area contributed by atoms with Crippen LogP contribution in [0, 0.1) is 0 Å². The highest BCUT2D eigenvalue weighted by atomic mass is 16.3. The molecule has 0 spiro atoms. The number of imide groups is 2. The summed E-state index contributed by atoms with van der Waals surface area (Å²) in [5.41, 5.74) is 4.09. The average molecular weight is 773 g/mol. The number of carbonyl (C=O) groups is 4. The van der Waals surface area contributed by atoms with Crippen LogP contribution in [0.25, 0.3) is 65.0 Å². The molecule has 0 fully saturated rings. The number of hydrogen-bond acceptors (Lipinski definition) is 8. The van der Waals surface area contributed by atoms with Crippen LogP contribution in [0.2, 0.25) is 0 Å². The lowest BCUT2D eigenvalue weighted by Gasteiger charge is -2.30. The van der Waals surface area contributed by atoms with Crippen molar-refractivity contribution in [2.75, 3.05) is 9.80 Å². The molecular weight excluding hydrogens is 743 g/mol. The van der Waals surface area contributed by atoms with Crippen LogP contribution < -0.4 is 9.80 Å². The van der Waals surface area contributed by atoms with Crippen molar-refractivity contribution < 1.29 is 39.6 Å². The van der Waals surface area contributed by atoms with E-state index >= 15 is 0 Å². The molecule has 4 amide bonds. The number of anilines is 2. The molecule has 0 saturated carbocycles. The second kappa shape index (κ2) is 11.8. The quantitative estimate of drug-likeness (QED) is 0.0600. The molecule has 9 aromatic rings. The van der Waals surface area contributed by atoms with Gasteiger partial charge in [-0.05, 0) is 89.9 Å². The molecule has 2 aliphatic rings. The van der Waals surface area contributed by atoms with Gasteiger partial charge in [0.15, 0.2) is 0 Å². The first kappa shape index (κ1) is 34.3. The van der Waals surface area contributed by atoms with Crippen molar-refractivity contribution in [3.63, 3.8) is 0 Å². The largest absolute Gasteiger partial charge is 0.508 e. The highest BCUT2D eigenvalue weighted by Crippen LogP contribution is 2.49. The second-order valence-electron chi connectivity index (χ2n) is 15.5. The Kier molecular flexibility index (Phi) is 6.87. The Bertz CT molecular complexity index is 3330. The van der Waals surface area contributed by atoms with Crippen molar-refractivity contribution in [2.45, 2.75) is 12.7 Å². The van der Waals surface area contributed by atoms with Crippen LogP contribution in [0.4, 0.5) is 11.4 Å². The molecule has 59 heavy (non-hydrogen) atoms. The van der Waals surface area contributed by atoms with Crippen molar-refractivity contribution in [3.05, 3.63) is 143 Å². The molecule has 11 heteroatoms. The van der Waals surface area contributed by atoms with E-state index in [-0.39, 0.29) is 40.2 Å². The Morgan fingerprint density at radius 2 is 0.780 bits per heavy atom. The summed E-state index contributed by atoms with van der Waals surface area (Å²) < 4.78 is 0. The lowest BCUT2D eigenvalue weighted by Crippen LogP contribution is -2.40. The number of benzene rings is 9. The van der Waals surface area contributed by atoms with Crippen LogP contribution in [0.15, 0.2) is 115 Å². The SMILES string of the molecule is BC(C)c1ccc2c3c(ccc(-c4ccc5c6ccc7c8c(ccc(c9cccc4c95)c86)C(=O)N(c4cc(O)cc(O)c4)C7=O)c13)C(=O)N(c1cc(O)cc(O)c1)C2=O. The minimum Gasteiger partial charge on any atom is -0.508 e. The van der Waals surface area contributed by atoms with Crippen LogP contribution in [0.1, 0.15) is 59.7 Å². The Labute approximate surface area is 335 Å². The summed E-state index contributed by atoms with van der Waals surface area (Å²) in [7, 11) is 2.07. The molecule has 1 unspecified atom stereocenters. The number of phenols is 4. The first-order valence-corrected chi connectivity index (χ1v) is 19.0. The van der Waals surface area contributed by atoms with Gasteiger partial charge < -0.3 is 20.4 Å². The van der Waals surface area contributed by atoms with Gasteiger partial charge in [0, 0.05) is 69.4 Å². The fraction of sp³-hybridized carbons (Fsp3) is 0.0417. The Balaban J connectivity index is 1.14. The van der Waals surface area contributed by atoms with Gasteiger partial charge in [-0.15, -0.1) is 0 Å². The smallest absolute Gasteiger partial charge is 0.265 e. The summed E-state index contributed by atoms with van der Waals surface area (Å²) in [6, 6.07) is 32.0. The molecule has 1 atom stereocenters. The van der Waals surface area contributed by atoms with E-state index in [1.165, 1.54) is 24.3 Å². The van der Waals surface area contributed by atoms with Gasteiger partial charge in [-0.3, -0.25) is 19.2 Å². The van der Waals surface area contributed by atoms with Crippen LogP contribution in [0.3, 0.4) is 0 Å². The van der Waals surface area contributed by atoms with E-state index in [1.807, 2.05) is 48.5 Å². The third kappa shape index (κ3) is 4.58. The van der Waals surface area contributed by atoms with Crippen molar-refractivity contribution in [1.29, 1.82) is 0 Å². The molecule has 2 heterocycles. The van der Waals surface area contributed by atoms with Crippen LogP contribution in [0.5, 0.6) is 23.0 Å². The summed E-state index contributed by atoms with van der Waals surface area (Å²) in [6.07, 6.45) is 0. The zero-order chi connectivity index (χ0) is 40.8. The number of rotatable bonds is 4.